The highest BCUT2D eigenvalue weighted by atomic mass is 19.1. The number of benzene rings is 2. The third kappa shape index (κ3) is 6.08. The van der Waals surface area contributed by atoms with Crippen molar-refractivity contribution < 1.29 is 22.7 Å². The smallest absolute Gasteiger partial charge is 0.224 e. The zero-order valence-corrected chi connectivity index (χ0v) is 19.4. The molecule has 1 heterocycles. The fourth-order valence-electron chi connectivity index (χ4n) is 4.36. The lowest BCUT2D eigenvalue weighted by Crippen LogP contribution is -2.26. The standard InChI is InChI=1S/C26H31F3N2O2/c1-26(2,3)15-24(32)30-25-21(16-4-5-16)13-20(14-22(25)29)31-7-6-23(33-9-8-31)17-10-18(27)12-19(28)11-17/h10-14,16,23H,4-9,15H2,1-3H3,(H,30,32)/t23-/m1/s1. The van der Waals surface area contributed by atoms with Crippen LogP contribution in [-0.4, -0.2) is 25.6 Å². The molecular formula is C26H31F3N2O2. The Morgan fingerprint density at radius 2 is 1.73 bits per heavy atom. The molecule has 2 fully saturated rings. The van der Waals surface area contributed by atoms with E-state index in [2.05, 4.69) is 5.32 Å². The summed E-state index contributed by atoms with van der Waals surface area (Å²) in [6.07, 6.45) is 2.35. The molecule has 2 aromatic rings. The minimum Gasteiger partial charge on any atom is -0.372 e. The summed E-state index contributed by atoms with van der Waals surface area (Å²) in [5.74, 6) is -1.64. The van der Waals surface area contributed by atoms with Gasteiger partial charge in [0.05, 0.1) is 18.4 Å². The average molecular weight is 461 g/mol. The summed E-state index contributed by atoms with van der Waals surface area (Å²) in [5.41, 5.74) is 2.14. The summed E-state index contributed by atoms with van der Waals surface area (Å²) < 4.78 is 48.4. The van der Waals surface area contributed by atoms with Gasteiger partial charge < -0.3 is 15.0 Å². The van der Waals surface area contributed by atoms with E-state index in [9.17, 15) is 13.6 Å². The van der Waals surface area contributed by atoms with Gasteiger partial charge in [-0.05, 0) is 66.0 Å². The SMILES string of the molecule is CC(C)(C)CC(=O)Nc1c(F)cc(N2CCO[C@@H](c3cc(F)cc(F)c3)CC2)cc1C1CC1. The van der Waals surface area contributed by atoms with E-state index in [0.717, 1.165) is 30.2 Å². The van der Waals surface area contributed by atoms with Crippen molar-refractivity contribution in [2.75, 3.05) is 29.9 Å². The van der Waals surface area contributed by atoms with Crippen LogP contribution in [0.25, 0.3) is 0 Å². The highest BCUT2D eigenvalue weighted by Crippen LogP contribution is 2.46. The van der Waals surface area contributed by atoms with E-state index in [0.29, 0.717) is 38.1 Å². The second kappa shape index (κ2) is 9.37. The third-order valence-corrected chi connectivity index (χ3v) is 6.04. The summed E-state index contributed by atoms with van der Waals surface area (Å²) >= 11 is 0. The van der Waals surface area contributed by atoms with Crippen molar-refractivity contribution in [2.24, 2.45) is 5.41 Å². The molecule has 178 valence electrons. The molecule has 1 aliphatic carbocycles. The molecule has 2 aliphatic rings. The van der Waals surface area contributed by atoms with Crippen molar-refractivity contribution in [2.45, 2.75) is 58.5 Å². The van der Waals surface area contributed by atoms with Crippen LogP contribution in [0.15, 0.2) is 30.3 Å². The van der Waals surface area contributed by atoms with Crippen molar-refractivity contribution >= 4 is 17.3 Å². The maximum Gasteiger partial charge on any atom is 0.224 e. The van der Waals surface area contributed by atoms with Gasteiger partial charge in [-0.25, -0.2) is 13.2 Å². The predicted octanol–water partition coefficient (Wildman–Crippen LogP) is 6.32. The van der Waals surface area contributed by atoms with Crippen LogP contribution in [0.5, 0.6) is 0 Å². The molecule has 1 saturated carbocycles. The van der Waals surface area contributed by atoms with Gasteiger partial charge >= 0.3 is 0 Å². The molecule has 2 aromatic carbocycles. The van der Waals surface area contributed by atoms with E-state index in [1.165, 1.54) is 18.2 Å². The number of rotatable bonds is 5. The van der Waals surface area contributed by atoms with E-state index >= 15 is 4.39 Å². The molecule has 7 heteroatoms. The Morgan fingerprint density at radius 3 is 2.36 bits per heavy atom. The lowest BCUT2D eigenvalue weighted by molar-refractivity contribution is -0.117. The summed E-state index contributed by atoms with van der Waals surface area (Å²) in [6, 6.07) is 6.86. The van der Waals surface area contributed by atoms with E-state index in [1.807, 2.05) is 31.7 Å². The summed E-state index contributed by atoms with van der Waals surface area (Å²) in [7, 11) is 0. The normalized spacial score (nSPS) is 19.3. The second-order valence-corrected chi connectivity index (χ2v) is 10.3. The van der Waals surface area contributed by atoms with Gasteiger partial charge in [0.1, 0.15) is 17.5 Å². The number of hydrogen-bond donors (Lipinski definition) is 1. The molecule has 1 atom stereocenters. The number of nitrogens with zero attached hydrogens (tertiary/aromatic N) is 1. The number of nitrogens with one attached hydrogen (secondary N) is 1. The van der Waals surface area contributed by atoms with Crippen molar-refractivity contribution in [3.63, 3.8) is 0 Å². The first-order chi connectivity index (χ1) is 15.6. The Balaban J connectivity index is 1.52. The molecule has 1 amide bonds. The van der Waals surface area contributed by atoms with Crippen LogP contribution in [0.4, 0.5) is 24.5 Å². The van der Waals surface area contributed by atoms with Crippen molar-refractivity contribution in [3.05, 3.63) is 58.9 Å². The van der Waals surface area contributed by atoms with E-state index in [4.69, 9.17) is 4.74 Å². The van der Waals surface area contributed by atoms with Crippen molar-refractivity contribution in [1.29, 1.82) is 0 Å². The molecule has 0 spiro atoms. The first-order valence-electron chi connectivity index (χ1n) is 11.5. The van der Waals surface area contributed by atoms with E-state index < -0.39 is 23.6 Å². The highest BCUT2D eigenvalue weighted by Gasteiger charge is 2.30. The number of amides is 1. The molecule has 0 bridgehead atoms. The van der Waals surface area contributed by atoms with Gasteiger partial charge in [0.2, 0.25) is 5.91 Å². The lowest BCUT2D eigenvalue weighted by atomic mass is 9.92. The van der Waals surface area contributed by atoms with Crippen molar-refractivity contribution in [1.82, 2.24) is 0 Å². The van der Waals surface area contributed by atoms with Gasteiger partial charge in [0, 0.05) is 31.3 Å². The second-order valence-electron chi connectivity index (χ2n) is 10.3. The Morgan fingerprint density at radius 1 is 1.03 bits per heavy atom. The van der Waals surface area contributed by atoms with Gasteiger partial charge in [-0.3, -0.25) is 4.79 Å². The van der Waals surface area contributed by atoms with Crippen LogP contribution in [0.1, 0.15) is 69.6 Å². The van der Waals surface area contributed by atoms with E-state index in [-0.39, 0.29) is 22.9 Å². The average Bonchev–Trinajstić information content (AvgIpc) is 3.54. The van der Waals surface area contributed by atoms with Gasteiger partial charge in [0.25, 0.3) is 0 Å². The predicted molar refractivity (Wildman–Crippen MR) is 123 cm³/mol. The maximum absolute atomic E-state index is 15.2. The van der Waals surface area contributed by atoms with Gasteiger partial charge in [-0.1, -0.05) is 20.8 Å². The van der Waals surface area contributed by atoms with Crippen molar-refractivity contribution in [3.8, 4) is 0 Å². The number of carbonyl (C=O) groups is 1. The fourth-order valence-corrected chi connectivity index (χ4v) is 4.36. The summed E-state index contributed by atoms with van der Waals surface area (Å²) in [5, 5.41) is 2.81. The minimum absolute atomic E-state index is 0.187. The monoisotopic (exact) mass is 460 g/mol. The van der Waals surface area contributed by atoms with Crippen LogP contribution in [0.3, 0.4) is 0 Å². The topological polar surface area (TPSA) is 41.6 Å². The van der Waals surface area contributed by atoms with Crippen LogP contribution in [0, 0.1) is 22.9 Å². The number of hydrogen-bond acceptors (Lipinski definition) is 3. The molecule has 1 saturated heterocycles. The quantitative estimate of drug-likeness (QED) is 0.567. The Hall–Kier alpha value is -2.54. The molecule has 33 heavy (non-hydrogen) atoms. The fraction of sp³-hybridized carbons (Fsp3) is 0.500. The number of carbonyl (C=O) groups excluding carboxylic acids is 1. The summed E-state index contributed by atoms with van der Waals surface area (Å²) in [6.45, 7) is 7.37. The van der Waals surface area contributed by atoms with Gasteiger partial charge in [-0.15, -0.1) is 0 Å². The highest BCUT2D eigenvalue weighted by molar-refractivity contribution is 5.92. The van der Waals surface area contributed by atoms with Crippen LogP contribution in [-0.2, 0) is 9.53 Å². The minimum atomic E-state index is -0.630. The number of anilines is 2. The molecule has 0 aromatic heterocycles. The maximum atomic E-state index is 15.2. The Kier molecular flexibility index (Phi) is 6.71. The Labute approximate surface area is 193 Å². The molecular weight excluding hydrogens is 429 g/mol. The first kappa shape index (κ1) is 23.6. The van der Waals surface area contributed by atoms with Gasteiger partial charge in [0.15, 0.2) is 0 Å². The lowest BCUT2D eigenvalue weighted by Gasteiger charge is -2.25. The molecule has 4 rings (SSSR count). The van der Waals surface area contributed by atoms with Crippen LogP contribution >= 0.6 is 0 Å². The zero-order valence-electron chi connectivity index (χ0n) is 19.4. The van der Waals surface area contributed by atoms with Crippen LogP contribution in [0.2, 0.25) is 0 Å². The summed E-state index contributed by atoms with van der Waals surface area (Å²) in [4.78, 5) is 14.5. The van der Waals surface area contributed by atoms with Crippen LogP contribution < -0.4 is 10.2 Å². The van der Waals surface area contributed by atoms with E-state index in [1.54, 1.807) is 0 Å². The molecule has 0 radical (unpaired) electrons. The zero-order chi connectivity index (χ0) is 23.8. The number of ether oxygens (including phenoxy) is 1. The first-order valence-corrected chi connectivity index (χ1v) is 11.5. The molecule has 4 nitrogen and oxygen atoms in total. The van der Waals surface area contributed by atoms with Gasteiger partial charge in [-0.2, -0.15) is 0 Å². The third-order valence-electron chi connectivity index (χ3n) is 6.04. The molecule has 1 N–H and O–H groups in total. The largest absolute Gasteiger partial charge is 0.372 e. The Bertz CT molecular complexity index is 1010. The molecule has 1 aliphatic heterocycles. The number of halogens is 3. The molecule has 0 unspecified atom stereocenters.